The highest BCUT2D eigenvalue weighted by atomic mass is 35.5. The summed E-state index contributed by atoms with van der Waals surface area (Å²) in [5.74, 6) is -2.07. The number of nitrogens with zero attached hydrogens (tertiary/aromatic N) is 2. The maximum Gasteiger partial charge on any atom is 0.343 e. The molecule has 1 aromatic heterocycles. The van der Waals surface area contributed by atoms with Crippen LogP contribution in [0.2, 0.25) is 5.15 Å². The third kappa shape index (κ3) is 4.23. The monoisotopic (exact) mass is 386 g/mol. The van der Waals surface area contributed by atoms with Gasteiger partial charge >= 0.3 is 5.97 Å². The van der Waals surface area contributed by atoms with Gasteiger partial charge in [0.1, 0.15) is 16.5 Å². The molecule has 5 nitrogen and oxygen atoms in total. The Kier molecular flexibility index (Phi) is 5.66. The van der Waals surface area contributed by atoms with Crippen molar-refractivity contribution in [3.8, 4) is 0 Å². The number of ether oxygens (including phenoxy) is 1. The van der Waals surface area contributed by atoms with E-state index in [1.807, 2.05) is 30.3 Å². The average Bonchev–Trinajstić information content (AvgIpc) is 2.94. The second-order valence-electron chi connectivity index (χ2n) is 5.87. The molecule has 0 saturated carbocycles. The van der Waals surface area contributed by atoms with Crippen LogP contribution in [0.1, 0.15) is 32.0 Å². The van der Waals surface area contributed by atoms with Crippen LogP contribution in [0.3, 0.4) is 0 Å². The molecular weight excluding hydrogens is 371 g/mol. The molecule has 0 atom stereocenters. The maximum atomic E-state index is 13.6. The zero-order valence-electron chi connectivity index (χ0n) is 14.5. The number of carbonyl (C=O) groups is 2. The number of Topliss-reactive ketones (excluding diaryl/α,β-unsaturated/α-hetero) is 1. The summed E-state index contributed by atoms with van der Waals surface area (Å²) in [5.41, 5.74) is 1.32. The van der Waals surface area contributed by atoms with Crippen molar-refractivity contribution in [3.05, 3.63) is 88.0 Å². The van der Waals surface area contributed by atoms with Crippen molar-refractivity contribution in [3.63, 3.8) is 0 Å². The van der Waals surface area contributed by atoms with Crippen LogP contribution in [0.4, 0.5) is 4.39 Å². The molecule has 1 heterocycles. The van der Waals surface area contributed by atoms with Gasteiger partial charge in [0.15, 0.2) is 6.61 Å². The van der Waals surface area contributed by atoms with E-state index in [9.17, 15) is 14.0 Å². The molecule has 0 aliphatic heterocycles. The zero-order valence-corrected chi connectivity index (χ0v) is 15.2. The first-order chi connectivity index (χ1) is 13.0. The first kappa shape index (κ1) is 18.8. The first-order valence-corrected chi connectivity index (χ1v) is 8.57. The number of rotatable bonds is 6. The van der Waals surface area contributed by atoms with E-state index in [1.54, 1.807) is 6.92 Å². The van der Waals surface area contributed by atoms with E-state index in [1.165, 1.54) is 28.9 Å². The van der Waals surface area contributed by atoms with E-state index in [0.29, 0.717) is 12.2 Å². The van der Waals surface area contributed by atoms with Crippen LogP contribution in [0.25, 0.3) is 0 Å². The number of hydrogen-bond donors (Lipinski definition) is 0. The highest BCUT2D eigenvalue weighted by Crippen LogP contribution is 2.22. The Hall–Kier alpha value is -2.99. The lowest BCUT2D eigenvalue weighted by atomic mass is 10.1. The SMILES string of the molecule is Cc1nn(Cc2ccccc2)c(Cl)c1C(=O)OCC(=O)c1ccccc1F. The molecule has 0 fully saturated rings. The number of aromatic nitrogens is 2. The van der Waals surface area contributed by atoms with Crippen molar-refractivity contribution in [1.82, 2.24) is 9.78 Å². The van der Waals surface area contributed by atoms with Gasteiger partial charge in [-0.15, -0.1) is 0 Å². The number of halogens is 2. The summed E-state index contributed by atoms with van der Waals surface area (Å²) in [7, 11) is 0. The molecule has 0 saturated heterocycles. The van der Waals surface area contributed by atoms with E-state index in [0.717, 1.165) is 5.56 Å². The second kappa shape index (κ2) is 8.14. The molecule has 3 aromatic rings. The molecule has 7 heteroatoms. The molecule has 138 valence electrons. The van der Waals surface area contributed by atoms with Gasteiger partial charge in [-0.3, -0.25) is 4.79 Å². The average molecular weight is 387 g/mol. The van der Waals surface area contributed by atoms with Gasteiger partial charge in [-0.05, 0) is 24.6 Å². The quantitative estimate of drug-likeness (QED) is 0.473. The summed E-state index contributed by atoms with van der Waals surface area (Å²) in [4.78, 5) is 24.4. The standard InChI is InChI=1S/C20H16ClFN2O3/c1-13-18(19(21)24(23-13)11-14-7-3-2-4-8-14)20(26)27-12-17(25)15-9-5-6-10-16(15)22/h2-10H,11-12H2,1H3. The molecule has 0 radical (unpaired) electrons. The summed E-state index contributed by atoms with van der Waals surface area (Å²) in [6.07, 6.45) is 0. The number of benzene rings is 2. The summed E-state index contributed by atoms with van der Waals surface area (Å²) in [5, 5.41) is 4.39. The van der Waals surface area contributed by atoms with Gasteiger partial charge in [-0.1, -0.05) is 54.1 Å². The summed E-state index contributed by atoms with van der Waals surface area (Å²) >= 11 is 6.29. The largest absolute Gasteiger partial charge is 0.454 e. The Bertz CT molecular complexity index is 986. The molecule has 0 unspecified atom stereocenters. The van der Waals surface area contributed by atoms with Crippen molar-refractivity contribution < 1.29 is 18.7 Å². The Labute approximate surface area is 160 Å². The predicted molar refractivity (Wildman–Crippen MR) is 98.5 cm³/mol. The Balaban J connectivity index is 1.72. The zero-order chi connectivity index (χ0) is 19.4. The van der Waals surface area contributed by atoms with E-state index in [-0.39, 0.29) is 16.3 Å². The molecule has 0 N–H and O–H groups in total. The normalized spacial score (nSPS) is 10.6. The minimum absolute atomic E-state index is 0.0916. The van der Waals surface area contributed by atoms with Crippen LogP contribution in [-0.2, 0) is 11.3 Å². The lowest BCUT2D eigenvalue weighted by Crippen LogP contribution is -2.16. The fraction of sp³-hybridized carbons (Fsp3) is 0.150. The predicted octanol–water partition coefficient (Wildman–Crippen LogP) is 4.07. The van der Waals surface area contributed by atoms with Gasteiger partial charge in [0.05, 0.1) is 17.8 Å². The minimum Gasteiger partial charge on any atom is -0.454 e. The molecule has 0 bridgehead atoms. The fourth-order valence-electron chi connectivity index (χ4n) is 2.61. The molecule has 0 amide bonds. The smallest absolute Gasteiger partial charge is 0.343 e. The van der Waals surface area contributed by atoms with E-state index in [2.05, 4.69) is 5.10 Å². The third-order valence-electron chi connectivity index (χ3n) is 3.95. The topological polar surface area (TPSA) is 61.2 Å². The first-order valence-electron chi connectivity index (χ1n) is 8.19. The van der Waals surface area contributed by atoms with Crippen molar-refractivity contribution in [2.45, 2.75) is 13.5 Å². The maximum absolute atomic E-state index is 13.6. The van der Waals surface area contributed by atoms with Crippen molar-refractivity contribution >= 4 is 23.4 Å². The van der Waals surface area contributed by atoms with Crippen LogP contribution in [0.15, 0.2) is 54.6 Å². The van der Waals surface area contributed by atoms with Gasteiger partial charge in [-0.25, -0.2) is 13.9 Å². The molecule has 0 aliphatic carbocycles. The summed E-state index contributed by atoms with van der Waals surface area (Å²) in [6, 6.07) is 15.0. The van der Waals surface area contributed by atoms with Crippen molar-refractivity contribution in [2.24, 2.45) is 0 Å². The van der Waals surface area contributed by atoms with Crippen LogP contribution < -0.4 is 0 Å². The Morgan fingerprint density at radius 1 is 1.11 bits per heavy atom. The number of aryl methyl sites for hydroxylation is 1. The number of carbonyl (C=O) groups excluding carboxylic acids is 2. The highest BCUT2D eigenvalue weighted by molar-refractivity contribution is 6.32. The van der Waals surface area contributed by atoms with Gasteiger partial charge in [0.2, 0.25) is 5.78 Å². The molecular formula is C20H16ClFN2O3. The molecule has 2 aromatic carbocycles. The molecule has 27 heavy (non-hydrogen) atoms. The highest BCUT2D eigenvalue weighted by Gasteiger charge is 2.23. The minimum atomic E-state index is -0.776. The third-order valence-corrected chi connectivity index (χ3v) is 4.34. The van der Waals surface area contributed by atoms with Gasteiger partial charge in [0.25, 0.3) is 0 Å². The van der Waals surface area contributed by atoms with Crippen molar-refractivity contribution in [1.29, 1.82) is 0 Å². The van der Waals surface area contributed by atoms with Gasteiger partial charge in [-0.2, -0.15) is 5.10 Å². The van der Waals surface area contributed by atoms with Gasteiger partial charge in [0, 0.05) is 0 Å². The van der Waals surface area contributed by atoms with E-state index >= 15 is 0 Å². The van der Waals surface area contributed by atoms with Crippen LogP contribution >= 0.6 is 11.6 Å². The Morgan fingerprint density at radius 3 is 2.48 bits per heavy atom. The molecule has 3 rings (SSSR count). The van der Waals surface area contributed by atoms with Crippen molar-refractivity contribution in [2.75, 3.05) is 6.61 Å². The molecule has 0 spiro atoms. The van der Waals surface area contributed by atoms with E-state index < -0.39 is 24.2 Å². The van der Waals surface area contributed by atoms with Crippen LogP contribution in [-0.4, -0.2) is 28.1 Å². The van der Waals surface area contributed by atoms with Gasteiger partial charge < -0.3 is 4.74 Å². The lowest BCUT2D eigenvalue weighted by Gasteiger charge is -2.06. The number of esters is 1. The number of hydrogen-bond acceptors (Lipinski definition) is 4. The Morgan fingerprint density at radius 2 is 1.78 bits per heavy atom. The lowest BCUT2D eigenvalue weighted by molar-refractivity contribution is 0.0473. The summed E-state index contributed by atoms with van der Waals surface area (Å²) in [6.45, 7) is 1.43. The molecule has 0 aliphatic rings. The van der Waals surface area contributed by atoms with Crippen LogP contribution in [0.5, 0.6) is 0 Å². The summed E-state index contributed by atoms with van der Waals surface area (Å²) < 4.78 is 20.1. The number of ketones is 1. The van der Waals surface area contributed by atoms with Crippen LogP contribution in [0, 0.1) is 12.7 Å². The van der Waals surface area contributed by atoms with E-state index in [4.69, 9.17) is 16.3 Å². The second-order valence-corrected chi connectivity index (χ2v) is 6.23. The fourth-order valence-corrected chi connectivity index (χ4v) is 2.93.